The van der Waals surface area contributed by atoms with Gasteiger partial charge < -0.3 is 5.32 Å². The Labute approximate surface area is 182 Å². The largest absolute Gasteiger partial charge is 0.365 e. The number of benzene rings is 3. The lowest BCUT2D eigenvalue weighted by molar-refractivity contribution is -0.384. The van der Waals surface area contributed by atoms with E-state index in [1.54, 1.807) is 12.1 Å². The number of fused-ring (bicyclic) bond motifs is 1. The zero-order valence-corrected chi connectivity index (χ0v) is 17.4. The van der Waals surface area contributed by atoms with E-state index in [4.69, 9.17) is 11.6 Å². The number of nitrogens with zero attached hydrogens (tertiary/aromatic N) is 3. The van der Waals surface area contributed by atoms with Crippen LogP contribution >= 0.6 is 23.4 Å². The number of nitrogens with one attached hydrogen (secondary N) is 1. The Morgan fingerprint density at radius 2 is 1.77 bits per heavy atom. The van der Waals surface area contributed by atoms with Crippen LogP contribution in [0.2, 0.25) is 5.02 Å². The molecule has 1 N–H and O–H groups in total. The first-order chi connectivity index (χ1) is 14.6. The molecule has 0 atom stereocenters. The van der Waals surface area contributed by atoms with Gasteiger partial charge in [0.2, 0.25) is 0 Å². The molecule has 4 aromatic rings. The summed E-state index contributed by atoms with van der Waals surface area (Å²) < 4.78 is 0. The molecule has 0 amide bonds. The first-order valence-corrected chi connectivity index (χ1v) is 10.6. The van der Waals surface area contributed by atoms with Crippen molar-refractivity contribution in [2.24, 2.45) is 0 Å². The summed E-state index contributed by atoms with van der Waals surface area (Å²) in [4.78, 5) is 19.9. The predicted molar refractivity (Wildman–Crippen MR) is 121 cm³/mol. The van der Waals surface area contributed by atoms with Gasteiger partial charge in [0.05, 0.1) is 10.4 Å². The van der Waals surface area contributed by atoms with Crippen molar-refractivity contribution in [2.75, 3.05) is 5.32 Å². The van der Waals surface area contributed by atoms with Crippen LogP contribution in [-0.2, 0) is 12.3 Å². The van der Waals surface area contributed by atoms with Crippen molar-refractivity contribution in [3.05, 3.63) is 99.1 Å². The second-order valence-electron chi connectivity index (χ2n) is 6.57. The molecule has 4 rings (SSSR count). The zero-order valence-electron chi connectivity index (χ0n) is 15.8. The van der Waals surface area contributed by atoms with Gasteiger partial charge in [0.15, 0.2) is 5.16 Å². The van der Waals surface area contributed by atoms with Gasteiger partial charge in [-0.3, -0.25) is 10.1 Å². The number of halogens is 1. The predicted octanol–water partition coefficient (Wildman–Crippen LogP) is 6.10. The summed E-state index contributed by atoms with van der Waals surface area (Å²) in [5.74, 6) is 1.29. The van der Waals surface area contributed by atoms with Crippen LogP contribution in [0.1, 0.15) is 11.1 Å². The lowest BCUT2D eigenvalue weighted by Gasteiger charge is -2.11. The molecule has 0 aliphatic heterocycles. The number of anilines is 1. The molecule has 0 saturated heterocycles. The highest BCUT2D eigenvalue weighted by Crippen LogP contribution is 2.27. The number of para-hydroxylation sites is 1. The van der Waals surface area contributed by atoms with Gasteiger partial charge in [-0.1, -0.05) is 59.8 Å². The molecule has 1 aromatic heterocycles. The summed E-state index contributed by atoms with van der Waals surface area (Å²) in [7, 11) is 0. The number of hydrogen-bond acceptors (Lipinski definition) is 6. The number of nitro groups is 1. The number of non-ortho nitro benzene ring substituents is 1. The minimum Gasteiger partial charge on any atom is -0.365 e. The van der Waals surface area contributed by atoms with E-state index >= 15 is 0 Å². The minimum atomic E-state index is -0.389. The van der Waals surface area contributed by atoms with E-state index in [-0.39, 0.29) is 10.6 Å². The van der Waals surface area contributed by atoms with Gasteiger partial charge in [0, 0.05) is 34.8 Å². The fourth-order valence-corrected chi connectivity index (χ4v) is 3.87. The average Bonchev–Trinajstić information content (AvgIpc) is 2.77. The molecule has 0 spiro atoms. The average molecular weight is 437 g/mol. The van der Waals surface area contributed by atoms with Gasteiger partial charge in [-0.25, -0.2) is 9.97 Å². The Morgan fingerprint density at radius 1 is 0.967 bits per heavy atom. The molecule has 150 valence electrons. The Morgan fingerprint density at radius 3 is 2.57 bits per heavy atom. The van der Waals surface area contributed by atoms with Gasteiger partial charge >= 0.3 is 0 Å². The van der Waals surface area contributed by atoms with Crippen LogP contribution in [0, 0.1) is 10.1 Å². The highest BCUT2D eigenvalue weighted by atomic mass is 35.5. The zero-order chi connectivity index (χ0) is 20.9. The monoisotopic (exact) mass is 436 g/mol. The Balaban J connectivity index is 1.55. The van der Waals surface area contributed by atoms with Gasteiger partial charge in [0.25, 0.3) is 5.69 Å². The number of thioether (sulfide) groups is 1. The van der Waals surface area contributed by atoms with Crippen LogP contribution in [0.25, 0.3) is 10.9 Å². The van der Waals surface area contributed by atoms with Crippen LogP contribution in [0.5, 0.6) is 0 Å². The number of hydrogen-bond donors (Lipinski definition) is 1. The number of aromatic nitrogens is 2. The van der Waals surface area contributed by atoms with Gasteiger partial charge in [-0.2, -0.15) is 0 Å². The van der Waals surface area contributed by atoms with Gasteiger partial charge in [0.1, 0.15) is 5.82 Å². The topological polar surface area (TPSA) is 81.0 Å². The van der Waals surface area contributed by atoms with Crippen molar-refractivity contribution in [2.45, 2.75) is 17.5 Å². The fraction of sp³-hybridized carbons (Fsp3) is 0.0909. The van der Waals surface area contributed by atoms with Crippen molar-refractivity contribution in [1.82, 2.24) is 9.97 Å². The van der Waals surface area contributed by atoms with Crippen LogP contribution < -0.4 is 5.32 Å². The number of nitro benzene ring substituents is 1. The van der Waals surface area contributed by atoms with Crippen LogP contribution in [0.3, 0.4) is 0 Å². The molecule has 0 aliphatic carbocycles. The summed E-state index contributed by atoms with van der Waals surface area (Å²) in [6.45, 7) is 0.604. The van der Waals surface area contributed by atoms with E-state index in [1.807, 2.05) is 54.6 Å². The molecule has 3 aromatic carbocycles. The maximum Gasteiger partial charge on any atom is 0.269 e. The molecular weight excluding hydrogens is 420 g/mol. The maximum atomic E-state index is 11.0. The molecule has 0 radical (unpaired) electrons. The highest BCUT2D eigenvalue weighted by Gasteiger charge is 2.10. The number of rotatable bonds is 7. The van der Waals surface area contributed by atoms with Crippen molar-refractivity contribution in [1.29, 1.82) is 0 Å². The first-order valence-electron chi connectivity index (χ1n) is 9.20. The molecule has 0 saturated carbocycles. The van der Waals surface area contributed by atoms with E-state index in [0.717, 1.165) is 27.8 Å². The fourth-order valence-electron chi connectivity index (χ4n) is 2.95. The third kappa shape index (κ3) is 4.87. The van der Waals surface area contributed by atoms with Gasteiger partial charge in [-0.05, 0) is 35.4 Å². The molecule has 0 aliphatic rings. The molecule has 0 fully saturated rings. The minimum absolute atomic E-state index is 0.0813. The molecule has 0 bridgehead atoms. The second kappa shape index (κ2) is 9.11. The lowest BCUT2D eigenvalue weighted by atomic mass is 10.2. The van der Waals surface area contributed by atoms with Crippen molar-refractivity contribution < 1.29 is 4.92 Å². The lowest BCUT2D eigenvalue weighted by Crippen LogP contribution is -2.04. The normalized spacial score (nSPS) is 10.8. The molecule has 6 nitrogen and oxygen atoms in total. The van der Waals surface area contributed by atoms with E-state index in [2.05, 4.69) is 15.3 Å². The molecule has 0 unspecified atom stereocenters. The van der Waals surface area contributed by atoms with Crippen LogP contribution in [-0.4, -0.2) is 14.9 Å². The third-order valence-corrected chi connectivity index (χ3v) is 5.62. The second-order valence-corrected chi connectivity index (χ2v) is 7.95. The van der Waals surface area contributed by atoms with E-state index in [9.17, 15) is 10.1 Å². The smallest absolute Gasteiger partial charge is 0.269 e. The quantitative estimate of drug-likeness (QED) is 0.163. The summed E-state index contributed by atoms with van der Waals surface area (Å²) in [6.07, 6.45) is 0. The van der Waals surface area contributed by atoms with E-state index < -0.39 is 0 Å². The summed E-state index contributed by atoms with van der Waals surface area (Å²) in [5, 5.41) is 16.6. The maximum absolute atomic E-state index is 11.0. The Kier molecular flexibility index (Phi) is 6.11. The van der Waals surface area contributed by atoms with Gasteiger partial charge in [-0.15, -0.1) is 0 Å². The van der Waals surface area contributed by atoms with Crippen molar-refractivity contribution >= 4 is 45.8 Å². The molecule has 8 heteroatoms. The standard InChI is InChI=1S/C22H17ClN4O2S/c23-17-10-8-15(9-11-17)13-24-21-19-6-1-2-7-20(19)25-22(26-21)30-14-16-4-3-5-18(12-16)27(28)29/h1-12H,13-14H2,(H,24,25,26). The SMILES string of the molecule is O=[N+]([O-])c1cccc(CSc2nc(NCc3ccc(Cl)cc3)c3ccccc3n2)c1. The summed E-state index contributed by atoms with van der Waals surface area (Å²) >= 11 is 7.40. The Bertz CT molecular complexity index is 1200. The van der Waals surface area contributed by atoms with Crippen LogP contribution in [0.15, 0.2) is 78.0 Å². The van der Waals surface area contributed by atoms with Crippen molar-refractivity contribution in [3.63, 3.8) is 0 Å². The van der Waals surface area contributed by atoms with Crippen molar-refractivity contribution in [3.8, 4) is 0 Å². The highest BCUT2D eigenvalue weighted by molar-refractivity contribution is 7.98. The van der Waals surface area contributed by atoms with Crippen LogP contribution in [0.4, 0.5) is 11.5 Å². The molecule has 30 heavy (non-hydrogen) atoms. The first kappa shape index (κ1) is 20.1. The molecular formula is C22H17ClN4O2S. The van der Waals surface area contributed by atoms with E-state index in [1.165, 1.54) is 17.8 Å². The van der Waals surface area contributed by atoms with E-state index in [0.29, 0.717) is 22.5 Å². The summed E-state index contributed by atoms with van der Waals surface area (Å²) in [6, 6.07) is 22.1. The summed E-state index contributed by atoms with van der Waals surface area (Å²) in [5.41, 5.74) is 2.86. The third-order valence-electron chi connectivity index (χ3n) is 4.45. The molecule has 1 heterocycles. The Hall–Kier alpha value is -3.16.